The Hall–Kier alpha value is -0.660. The second-order valence-electron chi connectivity index (χ2n) is 5.68. The van der Waals surface area contributed by atoms with Crippen LogP contribution >= 0.6 is 46.7 Å². The molecule has 1 fully saturated rings. The SMILES string of the molecule is CCCN(C(=O)c1sc(-c2ccc(Cl)s2)nc1C)C1CCNC1.Cl. The normalized spacial score (nSPS) is 16.9. The fourth-order valence-electron chi connectivity index (χ4n) is 2.86. The number of hydrogen-bond acceptors (Lipinski definition) is 5. The van der Waals surface area contributed by atoms with Crippen LogP contribution in [0.2, 0.25) is 4.34 Å². The minimum absolute atomic E-state index is 0. The van der Waals surface area contributed by atoms with E-state index in [1.165, 1.54) is 22.7 Å². The van der Waals surface area contributed by atoms with Gasteiger partial charge in [-0.15, -0.1) is 35.1 Å². The van der Waals surface area contributed by atoms with Gasteiger partial charge in [0.05, 0.1) is 14.9 Å². The van der Waals surface area contributed by atoms with Crippen LogP contribution in [0.25, 0.3) is 9.88 Å². The Kier molecular flexibility index (Phi) is 7.07. The number of hydrogen-bond donors (Lipinski definition) is 1. The molecule has 132 valence electrons. The van der Waals surface area contributed by atoms with Crippen LogP contribution in [0, 0.1) is 6.92 Å². The standard InChI is InChI=1S/C16H20ClN3OS2.ClH/c1-3-8-20(11-6-7-18-9-11)16(21)14-10(2)19-15(23-14)12-4-5-13(17)22-12;/h4-5,11,18H,3,6-9H2,1-2H3;1H. The summed E-state index contributed by atoms with van der Waals surface area (Å²) < 4.78 is 0.741. The summed E-state index contributed by atoms with van der Waals surface area (Å²) >= 11 is 8.98. The Morgan fingerprint density at radius 1 is 1.46 bits per heavy atom. The van der Waals surface area contributed by atoms with Crippen LogP contribution in [0.5, 0.6) is 0 Å². The van der Waals surface area contributed by atoms with Crippen molar-refractivity contribution in [2.75, 3.05) is 19.6 Å². The molecule has 0 saturated carbocycles. The van der Waals surface area contributed by atoms with E-state index in [2.05, 4.69) is 17.2 Å². The van der Waals surface area contributed by atoms with Crippen molar-refractivity contribution in [3.05, 3.63) is 27.0 Å². The number of thiophene rings is 1. The van der Waals surface area contributed by atoms with E-state index in [-0.39, 0.29) is 18.3 Å². The summed E-state index contributed by atoms with van der Waals surface area (Å²) in [5.74, 6) is 0.115. The molecule has 2 aromatic heterocycles. The molecule has 0 radical (unpaired) electrons. The molecule has 1 unspecified atom stereocenters. The monoisotopic (exact) mass is 405 g/mol. The zero-order valence-electron chi connectivity index (χ0n) is 13.7. The molecule has 0 spiro atoms. The number of aryl methyl sites for hydroxylation is 1. The van der Waals surface area contributed by atoms with Gasteiger partial charge in [-0.25, -0.2) is 4.98 Å². The van der Waals surface area contributed by atoms with Crippen molar-refractivity contribution in [3.63, 3.8) is 0 Å². The molecule has 0 aliphatic carbocycles. The Balaban J connectivity index is 0.00000208. The maximum Gasteiger partial charge on any atom is 0.266 e. The fourth-order valence-corrected chi connectivity index (χ4v) is 4.98. The molecule has 0 bridgehead atoms. The first kappa shape index (κ1) is 19.7. The van der Waals surface area contributed by atoms with E-state index in [9.17, 15) is 4.79 Å². The average molecular weight is 406 g/mol. The van der Waals surface area contributed by atoms with E-state index >= 15 is 0 Å². The Bertz CT molecular complexity index is 695. The van der Waals surface area contributed by atoms with Gasteiger partial charge in [-0.3, -0.25) is 4.79 Å². The van der Waals surface area contributed by atoms with Crippen molar-refractivity contribution in [2.45, 2.75) is 32.7 Å². The number of thiazole rings is 1. The molecule has 1 aliphatic heterocycles. The predicted molar refractivity (Wildman–Crippen MR) is 105 cm³/mol. The molecule has 8 heteroatoms. The molecular weight excluding hydrogens is 385 g/mol. The lowest BCUT2D eigenvalue weighted by atomic mass is 10.2. The lowest BCUT2D eigenvalue weighted by Gasteiger charge is -2.27. The quantitative estimate of drug-likeness (QED) is 0.797. The molecule has 4 nitrogen and oxygen atoms in total. The highest BCUT2D eigenvalue weighted by Crippen LogP contribution is 2.35. The van der Waals surface area contributed by atoms with Gasteiger partial charge in [-0.05, 0) is 38.4 Å². The second kappa shape index (κ2) is 8.63. The molecule has 3 rings (SSSR count). The van der Waals surface area contributed by atoms with Gasteiger partial charge in [-0.1, -0.05) is 18.5 Å². The predicted octanol–water partition coefficient (Wildman–Crippen LogP) is 4.47. The van der Waals surface area contributed by atoms with Crippen LogP contribution in [0.1, 0.15) is 35.1 Å². The first-order valence-corrected chi connectivity index (χ1v) is 9.86. The molecule has 3 heterocycles. The van der Waals surface area contributed by atoms with E-state index in [0.717, 1.165) is 57.3 Å². The minimum atomic E-state index is 0. The highest BCUT2D eigenvalue weighted by Gasteiger charge is 2.29. The molecule has 1 N–H and O–H groups in total. The van der Waals surface area contributed by atoms with Gasteiger partial charge in [0.2, 0.25) is 0 Å². The van der Waals surface area contributed by atoms with Crippen molar-refractivity contribution >= 4 is 52.6 Å². The van der Waals surface area contributed by atoms with Crippen LogP contribution < -0.4 is 5.32 Å². The number of nitrogens with zero attached hydrogens (tertiary/aromatic N) is 2. The molecule has 1 atom stereocenters. The highest BCUT2D eigenvalue weighted by molar-refractivity contribution is 7.24. The zero-order valence-corrected chi connectivity index (χ0v) is 16.9. The molecule has 1 amide bonds. The lowest BCUT2D eigenvalue weighted by Crippen LogP contribution is -2.42. The van der Waals surface area contributed by atoms with Gasteiger partial charge in [0.25, 0.3) is 5.91 Å². The summed E-state index contributed by atoms with van der Waals surface area (Å²) in [6, 6.07) is 4.13. The Labute approximate surface area is 161 Å². The van der Waals surface area contributed by atoms with E-state index in [0.29, 0.717) is 6.04 Å². The largest absolute Gasteiger partial charge is 0.334 e. The van der Waals surface area contributed by atoms with E-state index in [4.69, 9.17) is 11.6 Å². The fraction of sp³-hybridized carbons (Fsp3) is 0.500. The highest BCUT2D eigenvalue weighted by atomic mass is 35.5. The van der Waals surface area contributed by atoms with Crippen LogP contribution in [-0.4, -0.2) is 41.5 Å². The third kappa shape index (κ3) is 4.11. The molecule has 1 saturated heterocycles. The van der Waals surface area contributed by atoms with Gasteiger partial charge in [0, 0.05) is 19.1 Å². The Morgan fingerprint density at radius 3 is 2.83 bits per heavy atom. The van der Waals surface area contributed by atoms with E-state index < -0.39 is 0 Å². The lowest BCUT2D eigenvalue weighted by molar-refractivity contribution is 0.0696. The topological polar surface area (TPSA) is 45.2 Å². The summed E-state index contributed by atoms with van der Waals surface area (Å²) in [5, 5.41) is 4.23. The van der Waals surface area contributed by atoms with Gasteiger partial charge >= 0.3 is 0 Å². The number of halogens is 2. The Morgan fingerprint density at radius 2 is 2.25 bits per heavy atom. The number of aromatic nitrogens is 1. The van der Waals surface area contributed by atoms with E-state index in [1.807, 2.05) is 24.0 Å². The molecule has 24 heavy (non-hydrogen) atoms. The summed E-state index contributed by atoms with van der Waals surface area (Å²) in [6.07, 6.45) is 1.99. The first-order chi connectivity index (χ1) is 11.1. The van der Waals surface area contributed by atoms with Crippen LogP contribution in [-0.2, 0) is 0 Å². The molecular formula is C16H21Cl2N3OS2. The molecule has 0 aromatic carbocycles. The average Bonchev–Trinajstić information content (AvgIpc) is 3.24. The van der Waals surface area contributed by atoms with Gasteiger partial charge < -0.3 is 10.2 Å². The second-order valence-corrected chi connectivity index (χ2v) is 8.40. The summed E-state index contributed by atoms with van der Waals surface area (Å²) in [5.41, 5.74) is 0.812. The van der Waals surface area contributed by atoms with Crippen LogP contribution in [0.3, 0.4) is 0 Å². The van der Waals surface area contributed by atoms with Gasteiger partial charge in [-0.2, -0.15) is 0 Å². The minimum Gasteiger partial charge on any atom is -0.334 e. The zero-order chi connectivity index (χ0) is 16.4. The van der Waals surface area contributed by atoms with Gasteiger partial charge in [0.1, 0.15) is 9.88 Å². The van der Waals surface area contributed by atoms with Crippen molar-refractivity contribution in [3.8, 4) is 9.88 Å². The van der Waals surface area contributed by atoms with Crippen molar-refractivity contribution in [1.29, 1.82) is 0 Å². The number of carbonyl (C=O) groups is 1. The van der Waals surface area contributed by atoms with Crippen LogP contribution in [0.4, 0.5) is 0 Å². The maximum absolute atomic E-state index is 13.0. The number of rotatable bonds is 5. The smallest absolute Gasteiger partial charge is 0.266 e. The maximum atomic E-state index is 13.0. The van der Waals surface area contributed by atoms with Gasteiger partial charge in [0.15, 0.2) is 0 Å². The third-order valence-electron chi connectivity index (χ3n) is 3.98. The van der Waals surface area contributed by atoms with Crippen molar-refractivity contribution < 1.29 is 4.79 Å². The van der Waals surface area contributed by atoms with Crippen molar-refractivity contribution in [2.24, 2.45) is 0 Å². The molecule has 1 aliphatic rings. The number of amides is 1. The summed E-state index contributed by atoms with van der Waals surface area (Å²) in [4.78, 5) is 21.4. The summed E-state index contributed by atoms with van der Waals surface area (Å²) in [7, 11) is 0. The third-order valence-corrected chi connectivity index (χ3v) is 6.52. The number of nitrogens with one attached hydrogen (secondary N) is 1. The first-order valence-electron chi connectivity index (χ1n) is 7.85. The molecule has 2 aromatic rings. The van der Waals surface area contributed by atoms with Crippen molar-refractivity contribution in [1.82, 2.24) is 15.2 Å². The van der Waals surface area contributed by atoms with Crippen LogP contribution in [0.15, 0.2) is 12.1 Å². The summed E-state index contributed by atoms with van der Waals surface area (Å²) in [6.45, 7) is 6.69. The number of carbonyl (C=O) groups excluding carboxylic acids is 1. The van der Waals surface area contributed by atoms with E-state index in [1.54, 1.807) is 0 Å².